The van der Waals surface area contributed by atoms with E-state index in [1.54, 1.807) is 6.07 Å². The maximum atomic E-state index is 12.3. The molecule has 2 aromatic carbocycles. The Morgan fingerprint density at radius 1 is 1.00 bits per heavy atom. The lowest BCUT2D eigenvalue weighted by Crippen LogP contribution is -2.23. The Morgan fingerprint density at radius 2 is 1.65 bits per heavy atom. The summed E-state index contributed by atoms with van der Waals surface area (Å²) < 4.78 is 36.9. The molecule has 3 rings (SSSR count). The molecule has 26 heavy (non-hydrogen) atoms. The minimum atomic E-state index is -4.38. The van der Waals surface area contributed by atoms with Gasteiger partial charge in [0.15, 0.2) is 0 Å². The summed E-state index contributed by atoms with van der Waals surface area (Å²) in [7, 11) is 0. The van der Waals surface area contributed by atoms with Gasteiger partial charge in [-0.15, -0.1) is 0 Å². The van der Waals surface area contributed by atoms with E-state index in [1.807, 2.05) is 0 Å². The van der Waals surface area contributed by atoms with Gasteiger partial charge < -0.3 is 5.32 Å². The lowest BCUT2D eigenvalue weighted by atomic mass is 10.1. The molecule has 0 aliphatic carbocycles. The summed E-state index contributed by atoms with van der Waals surface area (Å²) in [6.45, 7) is 0.104. The van der Waals surface area contributed by atoms with Crippen molar-refractivity contribution in [3.05, 3.63) is 64.7 Å². The number of rotatable bonds is 4. The van der Waals surface area contributed by atoms with Gasteiger partial charge in [0.1, 0.15) is 0 Å². The van der Waals surface area contributed by atoms with E-state index in [-0.39, 0.29) is 39.9 Å². The number of imide groups is 1. The zero-order valence-electron chi connectivity index (χ0n) is 13.0. The molecule has 1 aliphatic heterocycles. The van der Waals surface area contributed by atoms with Crippen LogP contribution in [0.2, 0.25) is 0 Å². The van der Waals surface area contributed by atoms with Gasteiger partial charge in [0.05, 0.1) is 11.1 Å². The molecule has 0 aromatic heterocycles. The van der Waals surface area contributed by atoms with Crippen LogP contribution in [0, 0.1) is 0 Å². The Labute approximate surface area is 150 Å². The first kappa shape index (κ1) is 18.0. The fourth-order valence-corrected chi connectivity index (χ4v) is 2.96. The fraction of sp³-hybridized carbons (Fsp3) is 0.118. The molecule has 0 fully saturated rings. The summed E-state index contributed by atoms with van der Waals surface area (Å²) in [4.78, 5) is 35.2. The van der Waals surface area contributed by atoms with Gasteiger partial charge in [0, 0.05) is 17.0 Å². The summed E-state index contributed by atoms with van der Waals surface area (Å²) >= 11 is -0.254. The standard InChI is InChI=1S/C17H11F3N2O3S/c18-17(19,20)26-11-4-2-10(3-5-11)14(23)21-8-9-1-6-12-13(7-9)16(25)22-15(12)24/h1-7H,8H2,(H,21,23)(H,22,24,25). The van der Waals surface area contributed by atoms with Gasteiger partial charge in [-0.25, -0.2) is 0 Å². The number of thioether (sulfide) groups is 1. The van der Waals surface area contributed by atoms with E-state index >= 15 is 0 Å². The Hall–Kier alpha value is -2.81. The van der Waals surface area contributed by atoms with Crippen molar-refractivity contribution < 1.29 is 27.6 Å². The van der Waals surface area contributed by atoms with Gasteiger partial charge in [-0.3, -0.25) is 19.7 Å². The second kappa shape index (κ2) is 6.83. The van der Waals surface area contributed by atoms with E-state index in [0.717, 1.165) is 0 Å². The Kier molecular flexibility index (Phi) is 4.73. The topological polar surface area (TPSA) is 75.3 Å². The first-order chi connectivity index (χ1) is 12.2. The number of benzene rings is 2. The number of fused-ring (bicyclic) bond motifs is 1. The highest BCUT2D eigenvalue weighted by Gasteiger charge is 2.29. The van der Waals surface area contributed by atoms with Crippen molar-refractivity contribution in [3.63, 3.8) is 0 Å². The van der Waals surface area contributed by atoms with E-state index in [4.69, 9.17) is 0 Å². The number of carbonyl (C=O) groups excluding carboxylic acids is 3. The summed E-state index contributed by atoms with van der Waals surface area (Å²) in [6, 6.07) is 9.67. The van der Waals surface area contributed by atoms with E-state index in [1.165, 1.54) is 36.4 Å². The van der Waals surface area contributed by atoms with Crippen LogP contribution in [0.15, 0.2) is 47.4 Å². The van der Waals surface area contributed by atoms with E-state index in [0.29, 0.717) is 5.56 Å². The molecule has 2 N–H and O–H groups in total. The molecule has 0 unspecified atom stereocenters. The maximum absolute atomic E-state index is 12.3. The number of hydrogen-bond donors (Lipinski definition) is 2. The second-order valence-electron chi connectivity index (χ2n) is 5.42. The molecule has 0 radical (unpaired) electrons. The van der Waals surface area contributed by atoms with E-state index in [9.17, 15) is 27.6 Å². The van der Waals surface area contributed by atoms with Crippen LogP contribution < -0.4 is 10.6 Å². The predicted molar refractivity (Wildman–Crippen MR) is 87.8 cm³/mol. The highest BCUT2D eigenvalue weighted by atomic mass is 32.2. The highest BCUT2D eigenvalue weighted by Crippen LogP contribution is 2.36. The molecule has 0 saturated heterocycles. The first-order valence-electron chi connectivity index (χ1n) is 7.35. The van der Waals surface area contributed by atoms with Crippen LogP contribution in [0.25, 0.3) is 0 Å². The maximum Gasteiger partial charge on any atom is 0.446 e. The van der Waals surface area contributed by atoms with Crippen molar-refractivity contribution in [1.82, 2.24) is 10.6 Å². The molecular formula is C17H11F3N2O3S. The molecule has 1 aliphatic rings. The monoisotopic (exact) mass is 380 g/mol. The van der Waals surface area contributed by atoms with Crippen molar-refractivity contribution in [2.75, 3.05) is 0 Å². The third-order valence-corrected chi connectivity index (χ3v) is 4.34. The molecule has 0 saturated carbocycles. The molecule has 0 atom stereocenters. The summed E-state index contributed by atoms with van der Waals surface area (Å²) in [5.74, 6) is -1.41. The summed E-state index contributed by atoms with van der Waals surface area (Å²) in [5.41, 5.74) is -3.03. The quantitative estimate of drug-likeness (QED) is 0.631. The van der Waals surface area contributed by atoms with Gasteiger partial charge in [-0.1, -0.05) is 6.07 Å². The third-order valence-electron chi connectivity index (χ3n) is 3.60. The van der Waals surface area contributed by atoms with Crippen molar-refractivity contribution in [1.29, 1.82) is 0 Å². The van der Waals surface area contributed by atoms with E-state index in [2.05, 4.69) is 10.6 Å². The van der Waals surface area contributed by atoms with Crippen LogP contribution in [0.1, 0.15) is 36.6 Å². The van der Waals surface area contributed by atoms with Crippen molar-refractivity contribution in [3.8, 4) is 0 Å². The minimum absolute atomic E-state index is 0.0108. The van der Waals surface area contributed by atoms with Gasteiger partial charge in [-0.05, 0) is 53.7 Å². The molecule has 134 valence electrons. The summed E-state index contributed by atoms with van der Waals surface area (Å²) in [6.07, 6.45) is 0. The Morgan fingerprint density at radius 3 is 2.31 bits per heavy atom. The molecule has 0 spiro atoms. The van der Waals surface area contributed by atoms with Crippen molar-refractivity contribution in [2.45, 2.75) is 16.9 Å². The Bertz CT molecular complexity index is 895. The Balaban J connectivity index is 1.63. The average molecular weight is 380 g/mol. The zero-order valence-corrected chi connectivity index (χ0v) is 13.8. The molecular weight excluding hydrogens is 369 g/mol. The van der Waals surface area contributed by atoms with Crippen LogP contribution >= 0.6 is 11.8 Å². The van der Waals surface area contributed by atoms with Crippen molar-refractivity contribution >= 4 is 29.5 Å². The van der Waals surface area contributed by atoms with Gasteiger partial charge >= 0.3 is 5.51 Å². The molecule has 5 nitrogen and oxygen atoms in total. The first-order valence-corrected chi connectivity index (χ1v) is 8.17. The lowest BCUT2D eigenvalue weighted by molar-refractivity contribution is -0.0328. The molecule has 0 bridgehead atoms. The number of carbonyl (C=O) groups is 3. The fourth-order valence-electron chi connectivity index (χ4n) is 2.42. The number of nitrogens with one attached hydrogen (secondary N) is 2. The van der Waals surface area contributed by atoms with Crippen LogP contribution in [0.5, 0.6) is 0 Å². The van der Waals surface area contributed by atoms with Gasteiger partial charge in [0.2, 0.25) is 0 Å². The normalized spacial score (nSPS) is 13.3. The number of halogens is 3. The van der Waals surface area contributed by atoms with Gasteiger partial charge in [-0.2, -0.15) is 13.2 Å². The van der Waals surface area contributed by atoms with Crippen LogP contribution in [0.3, 0.4) is 0 Å². The van der Waals surface area contributed by atoms with Crippen molar-refractivity contribution in [2.24, 2.45) is 0 Å². The van der Waals surface area contributed by atoms with Gasteiger partial charge in [0.25, 0.3) is 17.7 Å². The van der Waals surface area contributed by atoms with Crippen LogP contribution in [-0.2, 0) is 6.54 Å². The zero-order chi connectivity index (χ0) is 18.9. The largest absolute Gasteiger partial charge is 0.446 e. The number of alkyl halides is 3. The smallest absolute Gasteiger partial charge is 0.348 e. The molecule has 3 amide bonds. The number of hydrogen-bond acceptors (Lipinski definition) is 4. The number of amides is 3. The lowest BCUT2D eigenvalue weighted by Gasteiger charge is -2.08. The minimum Gasteiger partial charge on any atom is -0.348 e. The predicted octanol–water partition coefficient (Wildman–Crippen LogP) is 3.11. The SMILES string of the molecule is O=C(NCc1ccc2c(c1)C(=O)NC2=O)c1ccc(SC(F)(F)F)cc1. The second-order valence-corrected chi connectivity index (χ2v) is 6.56. The summed E-state index contributed by atoms with van der Waals surface area (Å²) in [5, 5.41) is 4.79. The third kappa shape index (κ3) is 4.05. The molecule has 2 aromatic rings. The molecule has 1 heterocycles. The van der Waals surface area contributed by atoms with E-state index < -0.39 is 23.2 Å². The van der Waals surface area contributed by atoms with Crippen LogP contribution in [0.4, 0.5) is 13.2 Å². The van der Waals surface area contributed by atoms with Crippen LogP contribution in [-0.4, -0.2) is 23.2 Å². The highest BCUT2D eigenvalue weighted by molar-refractivity contribution is 8.00. The molecule has 9 heteroatoms. The average Bonchev–Trinajstić information content (AvgIpc) is 2.86.